The molecule has 0 saturated carbocycles. The first kappa shape index (κ1) is 39.8. The summed E-state index contributed by atoms with van der Waals surface area (Å²) in [6.45, 7) is 9.48. The van der Waals surface area contributed by atoms with Crippen molar-refractivity contribution in [3.8, 4) is 11.5 Å². The summed E-state index contributed by atoms with van der Waals surface area (Å²) in [5.74, 6) is 0.848. The number of benzene rings is 3. The fraction of sp³-hybridized carbons (Fsp3) is 0.390. The average Bonchev–Trinajstić information content (AvgIpc) is 3.14. The molecule has 10 nitrogen and oxygen atoms in total. The lowest BCUT2D eigenvalue weighted by atomic mass is 9.86. The second-order valence-corrected chi connectivity index (χ2v) is 15.3. The standard InChI is InChI=1S/C41H45Cl2N3O6.H2O/c1-41(2,3)30-10-7-11-31(20-30)46(40(48)52-38-25-45-16-14-27(38)15-17-45)24-26-8-6-9-29(18-26)39(47)51-36(21-32-33(42)22-44-23-34(32)43)28-12-13-35(49-4)37(19-28)50-5;/h6-13,18-20,22-23,27,36,38H,14-17,21,24-25H2,1-5H3;1H2/t36-,38-;/m0./s1. The van der Waals surface area contributed by atoms with Crippen LogP contribution in [0.2, 0.25) is 10.0 Å². The molecule has 3 aliphatic heterocycles. The van der Waals surface area contributed by atoms with E-state index < -0.39 is 18.2 Å². The summed E-state index contributed by atoms with van der Waals surface area (Å²) < 4.78 is 23.4. The number of anilines is 1. The smallest absolute Gasteiger partial charge is 0.414 e. The summed E-state index contributed by atoms with van der Waals surface area (Å²) in [6, 6.07) is 20.5. The topological polar surface area (TPSA) is 122 Å². The van der Waals surface area contributed by atoms with E-state index in [-0.39, 0.29) is 30.0 Å². The van der Waals surface area contributed by atoms with Crippen molar-refractivity contribution in [1.82, 2.24) is 4.90 Å². The lowest BCUT2D eigenvalue weighted by Gasteiger charge is -2.44. The summed E-state index contributed by atoms with van der Waals surface area (Å²) in [7, 11) is 3.10. The van der Waals surface area contributed by atoms with Gasteiger partial charge in [-0.2, -0.15) is 0 Å². The van der Waals surface area contributed by atoms with Gasteiger partial charge in [0.25, 0.3) is 0 Å². The molecule has 53 heavy (non-hydrogen) atoms. The van der Waals surface area contributed by atoms with Crippen LogP contribution in [-0.4, -0.2) is 62.4 Å². The highest BCUT2D eigenvalue weighted by molar-refractivity contribution is 6.35. The molecule has 0 aliphatic carbocycles. The second kappa shape index (κ2) is 17.2. The van der Waals surface area contributed by atoms with Gasteiger partial charge in [0.05, 0.1) is 26.3 Å². The van der Waals surface area contributed by atoms with Gasteiger partial charge in [-0.1, -0.05) is 74.3 Å². The quantitative estimate of drug-likeness (QED) is 0.140. The molecule has 4 heterocycles. The van der Waals surface area contributed by atoms with E-state index in [1.54, 1.807) is 61.8 Å². The summed E-state index contributed by atoms with van der Waals surface area (Å²) >= 11 is 13.1. The summed E-state index contributed by atoms with van der Waals surface area (Å²) in [5, 5.41) is 0.827. The molecule has 2 bridgehead atoms. The monoisotopic (exact) mass is 763 g/mol. The van der Waals surface area contributed by atoms with E-state index in [1.807, 2.05) is 30.3 Å². The number of nitrogens with zero attached hydrogens (tertiary/aromatic N) is 2. The van der Waals surface area contributed by atoms with Gasteiger partial charge in [-0.05, 0) is 90.4 Å². The van der Waals surface area contributed by atoms with E-state index in [4.69, 9.17) is 42.1 Å². The number of esters is 1. The van der Waals surface area contributed by atoms with Crippen LogP contribution >= 0.6 is 23.2 Å². The Morgan fingerprint density at radius 1 is 0.925 bits per heavy atom. The number of fused-ring (bicyclic) bond motifs is 3. The minimum atomic E-state index is -0.776. The van der Waals surface area contributed by atoms with Gasteiger partial charge in [-0.3, -0.25) is 9.80 Å². The molecule has 1 amide bonds. The molecule has 282 valence electrons. The minimum Gasteiger partial charge on any atom is -0.870 e. The molecule has 0 radical (unpaired) electrons. The third-order valence-electron chi connectivity index (χ3n) is 10.0. The van der Waals surface area contributed by atoms with Crippen LogP contribution in [0.1, 0.15) is 72.3 Å². The zero-order valence-electron chi connectivity index (χ0n) is 30.7. The molecule has 2 atom stereocenters. The third-order valence-corrected chi connectivity index (χ3v) is 10.7. The molecule has 3 aliphatic rings. The van der Waals surface area contributed by atoms with Crippen LogP contribution in [0.4, 0.5) is 10.5 Å². The SMILES string of the molecule is COc1ccc([C@H](Cc2c(Cl)c[nH+]cc2Cl)OC(=O)c2cccc(CN(C(=O)O[C@H]3CN4CCC3CC4)c3cccc(C(C)(C)C)c3)c2)cc1OC.[OH-]. The molecule has 12 heteroatoms. The number of piperidine rings is 3. The Hall–Kier alpha value is -4.35. The van der Waals surface area contributed by atoms with Gasteiger partial charge in [-0.15, -0.1) is 0 Å². The summed E-state index contributed by atoms with van der Waals surface area (Å²) in [5.41, 5.74) is 4.07. The Kier molecular flexibility index (Phi) is 12.9. The Morgan fingerprint density at radius 3 is 2.26 bits per heavy atom. The maximum atomic E-state index is 14.1. The Labute approximate surface area is 321 Å². The van der Waals surface area contributed by atoms with Gasteiger partial charge in [0.2, 0.25) is 0 Å². The number of carbonyl (C=O) groups is 2. The van der Waals surface area contributed by atoms with E-state index in [9.17, 15) is 9.59 Å². The van der Waals surface area contributed by atoms with E-state index in [0.717, 1.165) is 49.3 Å². The van der Waals surface area contributed by atoms with Crippen molar-refractivity contribution in [2.24, 2.45) is 5.92 Å². The molecule has 1 aromatic heterocycles. The van der Waals surface area contributed by atoms with Gasteiger partial charge < -0.3 is 24.4 Å². The zero-order chi connectivity index (χ0) is 37.0. The number of rotatable bonds is 11. The highest BCUT2D eigenvalue weighted by atomic mass is 35.5. The minimum absolute atomic E-state index is 0. The molecule has 4 aromatic rings. The number of nitrogens with one attached hydrogen (secondary N) is 1. The number of halogens is 2. The van der Waals surface area contributed by atoms with E-state index in [2.05, 4.69) is 36.7 Å². The number of aromatic amines is 1. The van der Waals surface area contributed by atoms with Crippen LogP contribution in [0.3, 0.4) is 0 Å². The van der Waals surface area contributed by atoms with Crippen LogP contribution in [0.15, 0.2) is 79.1 Å². The van der Waals surface area contributed by atoms with Gasteiger partial charge >= 0.3 is 12.1 Å². The molecule has 3 saturated heterocycles. The fourth-order valence-electron chi connectivity index (χ4n) is 6.95. The molecule has 3 aromatic carbocycles. The first-order chi connectivity index (χ1) is 24.9. The number of ether oxygens (including phenoxy) is 4. The predicted octanol–water partition coefficient (Wildman–Crippen LogP) is 8.32. The molecule has 2 N–H and O–H groups in total. The lowest BCUT2D eigenvalue weighted by Crippen LogP contribution is -2.53. The zero-order valence-corrected chi connectivity index (χ0v) is 32.2. The Balaban J connectivity index is 0.00000541. The number of hydrogen-bond acceptors (Lipinski definition) is 8. The average molecular weight is 765 g/mol. The highest BCUT2D eigenvalue weighted by Gasteiger charge is 2.37. The fourth-order valence-corrected chi connectivity index (χ4v) is 7.49. The van der Waals surface area contributed by atoms with Gasteiger partial charge in [0, 0.05) is 24.2 Å². The van der Waals surface area contributed by atoms with Crippen LogP contribution in [0.25, 0.3) is 0 Å². The van der Waals surface area contributed by atoms with Crippen molar-refractivity contribution in [3.05, 3.63) is 117 Å². The van der Waals surface area contributed by atoms with Crippen molar-refractivity contribution >= 4 is 41.0 Å². The van der Waals surface area contributed by atoms with E-state index in [1.165, 1.54) is 0 Å². The Morgan fingerprint density at radius 2 is 1.62 bits per heavy atom. The van der Waals surface area contributed by atoms with Crippen LogP contribution < -0.4 is 19.4 Å². The number of hydrogen-bond donors (Lipinski definition) is 0. The number of aromatic nitrogens is 1. The largest absolute Gasteiger partial charge is 0.870 e. The molecule has 3 fully saturated rings. The number of H-pyrrole nitrogens is 1. The maximum Gasteiger partial charge on any atom is 0.414 e. The number of pyridine rings is 1. The predicted molar refractivity (Wildman–Crippen MR) is 204 cm³/mol. The van der Waals surface area contributed by atoms with Crippen LogP contribution in [-0.2, 0) is 27.9 Å². The van der Waals surface area contributed by atoms with E-state index in [0.29, 0.717) is 44.2 Å². The van der Waals surface area contributed by atoms with Crippen LogP contribution in [0, 0.1) is 5.92 Å². The molecular weight excluding hydrogens is 717 g/mol. The van der Waals surface area contributed by atoms with Gasteiger partial charge in [0.1, 0.15) is 22.3 Å². The number of amides is 1. The normalized spacial score (nSPS) is 18.4. The summed E-state index contributed by atoms with van der Waals surface area (Å²) in [4.78, 5) is 34.9. The first-order valence-corrected chi connectivity index (χ1v) is 18.4. The van der Waals surface area contributed by atoms with Gasteiger partial charge in [-0.25, -0.2) is 14.6 Å². The van der Waals surface area contributed by atoms with E-state index >= 15 is 0 Å². The molecular formula is C41H47Cl2N3O7. The van der Waals surface area contributed by atoms with Gasteiger partial charge in [0.15, 0.2) is 23.9 Å². The van der Waals surface area contributed by atoms with Crippen molar-refractivity contribution in [1.29, 1.82) is 0 Å². The first-order valence-electron chi connectivity index (χ1n) is 17.6. The van der Waals surface area contributed by atoms with Crippen molar-refractivity contribution in [3.63, 3.8) is 0 Å². The molecule has 7 rings (SSSR count). The molecule has 0 spiro atoms. The van der Waals surface area contributed by atoms with Crippen molar-refractivity contribution in [2.75, 3.05) is 38.8 Å². The summed E-state index contributed by atoms with van der Waals surface area (Å²) in [6.07, 6.45) is 4.20. The second-order valence-electron chi connectivity index (χ2n) is 14.5. The number of carbonyl (C=O) groups excluding carboxylic acids is 2. The Bertz CT molecular complexity index is 1890. The number of methoxy groups -OCH3 is 2. The molecule has 0 unspecified atom stereocenters. The lowest BCUT2D eigenvalue weighted by molar-refractivity contribution is -0.377. The van der Waals surface area contributed by atoms with Crippen molar-refractivity contribution in [2.45, 2.75) is 64.2 Å². The third kappa shape index (κ3) is 9.42. The highest BCUT2D eigenvalue weighted by Crippen LogP contribution is 2.36. The maximum absolute atomic E-state index is 14.1. The van der Waals surface area contributed by atoms with Crippen LogP contribution in [0.5, 0.6) is 11.5 Å². The van der Waals surface area contributed by atoms with Crippen molar-refractivity contribution < 1.29 is 39.0 Å².